The molecule has 2 aliphatic rings. The highest BCUT2D eigenvalue weighted by Crippen LogP contribution is 2.46. The second-order valence-electron chi connectivity index (χ2n) is 23.4. The van der Waals surface area contributed by atoms with E-state index < -0.39 is 11.1 Å². The topological polar surface area (TPSA) is 72.6 Å². The fourth-order valence-electron chi connectivity index (χ4n) is 13.4. The summed E-state index contributed by atoms with van der Waals surface area (Å²) in [7, 11) is 0. The number of para-hydroxylation sites is 2. The fraction of sp³-hybridized carbons (Fsp3) is 0.175. The summed E-state index contributed by atoms with van der Waals surface area (Å²) < 4.78 is 29.9. The van der Waals surface area contributed by atoms with Crippen LogP contribution in [0.1, 0.15) is 80.1 Å². The monoisotopic (exact) mass is 1290 g/mol. The van der Waals surface area contributed by atoms with Gasteiger partial charge in [-0.05, 0) is 132 Å². The molecule has 0 saturated carbocycles. The van der Waals surface area contributed by atoms with Crippen LogP contribution in [0.2, 0.25) is 20.1 Å². The third kappa shape index (κ3) is 13.2. The zero-order chi connectivity index (χ0) is 62.7. The predicted molar refractivity (Wildman–Crippen MR) is 370 cm³/mol. The molecular formula is C80H68Cl4N4O4. The van der Waals surface area contributed by atoms with Gasteiger partial charge in [0, 0.05) is 32.6 Å². The van der Waals surface area contributed by atoms with Crippen molar-refractivity contribution in [2.24, 2.45) is 11.8 Å². The van der Waals surface area contributed by atoms with Crippen LogP contribution in [0.3, 0.4) is 0 Å². The molecule has 0 bridgehead atoms. The molecule has 2 aromatic heterocycles. The lowest BCUT2D eigenvalue weighted by Crippen LogP contribution is -2.39. The second kappa shape index (κ2) is 28.9. The smallest absolute Gasteiger partial charge is 0.146 e. The molecule has 2 heterocycles. The maximum Gasteiger partial charge on any atom is 0.146 e. The number of benzene rings is 10. The molecule has 0 amide bonds. The van der Waals surface area contributed by atoms with Crippen molar-refractivity contribution >= 4 is 46.4 Å². The average Bonchev–Trinajstić information content (AvgIpc) is 1.13. The van der Waals surface area contributed by atoms with Crippen molar-refractivity contribution in [1.82, 2.24) is 19.1 Å². The molecule has 8 nitrogen and oxygen atoms in total. The Morgan fingerprint density at radius 1 is 0.359 bits per heavy atom. The summed E-state index contributed by atoms with van der Waals surface area (Å²) in [5.74, 6) is 3.28. The van der Waals surface area contributed by atoms with Gasteiger partial charge in [-0.15, -0.1) is 0 Å². The Morgan fingerprint density at radius 3 is 1.11 bits per heavy atom. The number of nitrogens with zero attached hydrogens (tertiary/aromatic N) is 4. The largest absolute Gasteiger partial charge is 0.455 e. The van der Waals surface area contributed by atoms with E-state index in [-0.39, 0.29) is 0 Å². The van der Waals surface area contributed by atoms with Gasteiger partial charge in [0.1, 0.15) is 34.1 Å². The number of aromatic nitrogens is 4. The molecule has 0 fully saturated rings. The van der Waals surface area contributed by atoms with Gasteiger partial charge in [-0.3, -0.25) is 0 Å². The third-order valence-electron chi connectivity index (χ3n) is 17.7. The predicted octanol–water partition coefficient (Wildman–Crippen LogP) is 20.3. The van der Waals surface area contributed by atoms with Crippen molar-refractivity contribution in [3.8, 4) is 23.0 Å². The Kier molecular flexibility index (Phi) is 19.5. The molecular weight excluding hydrogens is 1220 g/mol. The highest BCUT2D eigenvalue weighted by atomic mass is 35.5. The van der Waals surface area contributed by atoms with E-state index in [0.29, 0.717) is 75.6 Å². The Labute approximate surface area is 558 Å². The molecule has 0 N–H and O–H groups in total. The first kappa shape index (κ1) is 62.1. The van der Waals surface area contributed by atoms with Gasteiger partial charge in [-0.2, -0.15) is 0 Å². The summed E-state index contributed by atoms with van der Waals surface area (Å²) in [6.07, 6.45) is 9.74. The molecule has 0 aliphatic heterocycles. The average molecular weight is 1290 g/mol. The number of rotatable bonds is 20. The van der Waals surface area contributed by atoms with Crippen LogP contribution in [-0.2, 0) is 59.4 Å². The van der Waals surface area contributed by atoms with Crippen LogP contribution in [0.4, 0.5) is 0 Å². The van der Waals surface area contributed by atoms with Gasteiger partial charge >= 0.3 is 0 Å². The molecule has 0 spiro atoms. The molecule has 92 heavy (non-hydrogen) atoms. The van der Waals surface area contributed by atoms with Crippen LogP contribution in [0.5, 0.6) is 23.0 Å². The first-order valence-electron chi connectivity index (χ1n) is 31.3. The van der Waals surface area contributed by atoms with Gasteiger partial charge in [0.2, 0.25) is 0 Å². The number of fused-ring (bicyclic) bond motifs is 2. The van der Waals surface area contributed by atoms with Crippen molar-refractivity contribution in [2.45, 2.75) is 62.8 Å². The zero-order valence-electron chi connectivity index (χ0n) is 50.7. The summed E-state index contributed by atoms with van der Waals surface area (Å²) in [4.78, 5) is 10.1. The minimum absolute atomic E-state index is 0.349. The molecule has 10 aromatic carbocycles. The number of ether oxygens (including phenoxy) is 4. The van der Waals surface area contributed by atoms with Gasteiger partial charge < -0.3 is 28.1 Å². The van der Waals surface area contributed by atoms with Crippen LogP contribution in [-0.4, -0.2) is 32.3 Å². The van der Waals surface area contributed by atoms with E-state index in [1.54, 1.807) is 36.4 Å². The summed E-state index contributed by atoms with van der Waals surface area (Å²) >= 11 is 24.9. The molecule has 12 aromatic rings. The van der Waals surface area contributed by atoms with Crippen molar-refractivity contribution < 1.29 is 18.9 Å². The summed E-state index contributed by atoms with van der Waals surface area (Å²) in [6.45, 7) is 2.16. The first-order chi connectivity index (χ1) is 45.2. The molecule has 2 aliphatic carbocycles. The SMILES string of the molecule is Clc1ccc(Oc2ccccc2COCC2CCc3c(ncn3C(c3ccccc3)(c3ccccc3)c3ccccc3)C2)c(Cl)c1.Clc1ccc(Oc2ccccc2COCC2CCc3ncn(C(c4ccccc4)(c4ccccc4)c4ccccc4)c3C2)c(Cl)c1. The maximum absolute atomic E-state index is 6.39. The zero-order valence-corrected chi connectivity index (χ0v) is 53.7. The molecule has 2 atom stereocenters. The highest BCUT2D eigenvalue weighted by molar-refractivity contribution is 6.36. The van der Waals surface area contributed by atoms with E-state index in [4.69, 9.17) is 75.3 Å². The molecule has 0 saturated heterocycles. The minimum Gasteiger partial charge on any atom is -0.455 e. The molecule has 0 radical (unpaired) electrons. The number of halogens is 4. The first-order valence-corrected chi connectivity index (χ1v) is 32.8. The Hall–Kier alpha value is -8.70. The lowest BCUT2D eigenvalue weighted by Gasteiger charge is -2.39. The standard InChI is InChI=1S/2C40H34Cl2N2O2/c41-34-21-23-39(35(42)25-34)46-38-19-11-10-12-30(38)27-45-26-29-20-22-37-36(24-29)43-28-44(37)40(31-13-4-1-5-14-31,32-15-6-2-7-16-32)33-17-8-3-9-18-33;41-34-21-23-39(35(42)25-34)46-38-19-11-10-12-30(38)27-45-26-29-20-22-36-37(24-29)44(28-43-36)40(31-13-4-1-5-14-31,32-15-6-2-7-16-32)33-17-8-3-9-18-33/h2*1-19,21,23,25,28-29H,20,22,24,26-27H2. The number of hydrogen-bond donors (Lipinski definition) is 0. The Balaban J connectivity index is 0.000000168. The van der Waals surface area contributed by atoms with Crippen molar-refractivity contribution in [3.05, 3.63) is 367 Å². The van der Waals surface area contributed by atoms with Crippen molar-refractivity contribution in [3.63, 3.8) is 0 Å². The van der Waals surface area contributed by atoms with E-state index in [0.717, 1.165) is 61.1 Å². The number of imidazole rings is 2. The van der Waals surface area contributed by atoms with Gasteiger partial charge in [0.25, 0.3) is 0 Å². The minimum atomic E-state index is -0.577. The molecule has 2 unspecified atom stereocenters. The molecule has 14 rings (SSSR count). The Bertz CT molecular complexity index is 4190. The normalized spacial score (nSPS) is 14.5. The molecule has 460 valence electrons. The summed E-state index contributed by atoms with van der Waals surface area (Å²) in [5, 5.41) is 2.08. The highest BCUT2D eigenvalue weighted by Gasteiger charge is 2.43. The van der Waals surface area contributed by atoms with E-state index in [1.165, 1.54) is 50.5 Å². The van der Waals surface area contributed by atoms with E-state index in [9.17, 15) is 0 Å². The fourth-order valence-corrected chi connectivity index (χ4v) is 14.3. The van der Waals surface area contributed by atoms with Gasteiger partial charge in [-0.1, -0.05) is 265 Å². The van der Waals surface area contributed by atoms with E-state index in [1.807, 2.05) is 48.5 Å². The number of aryl methyl sites for hydroxylation is 1. The van der Waals surface area contributed by atoms with Crippen LogP contribution in [0.25, 0.3) is 0 Å². The van der Waals surface area contributed by atoms with Gasteiger partial charge in [0.05, 0.1) is 60.5 Å². The molecule has 12 heteroatoms. The van der Waals surface area contributed by atoms with Crippen LogP contribution >= 0.6 is 46.4 Å². The summed E-state index contributed by atoms with van der Waals surface area (Å²) in [6, 6.07) is 91.0. The second-order valence-corrected chi connectivity index (χ2v) is 25.1. The van der Waals surface area contributed by atoms with Crippen LogP contribution < -0.4 is 9.47 Å². The third-order valence-corrected chi connectivity index (χ3v) is 18.8. The van der Waals surface area contributed by atoms with Crippen molar-refractivity contribution in [1.29, 1.82) is 0 Å². The summed E-state index contributed by atoms with van der Waals surface area (Å²) in [5.41, 5.74) is 12.9. The quantitative estimate of drug-likeness (QED) is 0.0708. The van der Waals surface area contributed by atoms with E-state index >= 15 is 0 Å². The van der Waals surface area contributed by atoms with E-state index in [2.05, 4.69) is 204 Å². The van der Waals surface area contributed by atoms with Gasteiger partial charge in [0.15, 0.2) is 0 Å². The number of hydrogen-bond acceptors (Lipinski definition) is 6. The van der Waals surface area contributed by atoms with Crippen LogP contribution in [0.15, 0.2) is 280 Å². The van der Waals surface area contributed by atoms with Crippen molar-refractivity contribution in [2.75, 3.05) is 13.2 Å². The van der Waals surface area contributed by atoms with Gasteiger partial charge in [-0.25, -0.2) is 9.97 Å². The lowest BCUT2D eigenvalue weighted by molar-refractivity contribution is 0.0802. The lowest BCUT2D eigenvalue weighted by atomic mass is 9.76. The van der Waals surface area contributed by atoms with Crippen LogP contribution in [0, 0.1) is 11.8 Å². The maximum atomic E-state index is 6.39. The Morgan fingerprint density at radius 2 is 0.707 bits per heavy atom.